The summed E-state index contributed by atoms with van der Waals surface area (Å²) in [4.78, 5) is 18.2. The first-order valence-corrected chi connectivity index (χ1v) is 7.65. The Balaban J connectivity index is 0.000000754. The molecule has 0 spiro atoms. The van der Waals surface area contributed by atoms with Crippen LogP contribution < -0.4 is 14.8 Å². The van der Waals surface area contributed by atoms with Gasteiger partial charge in [0, 0.05) is 31.3 Å². The Morgan fingerprint density at radius 1 is 1.12 bits per heavy atom. The van der Waals surface area contributed by atoms with Gasteiger partial charge >= 0.3 is 11.9 Å². The number of nitrogens with one attached hydrogen (secondary N) is 1. The first-order chi connectivity index (χ1) is 11.3. The van der Waals surface area contributed by atoms with Crippen LogP contribution in [0.2, 0.25) is 0 Å². The third-order valence-electron chi connectivity index (χ3n) is 2.80. The quantitative estimate of drug-likeness (QED) is 0.585. The maximum Gasteiger partial charge on any atom is 0.414 e. The van der Waals surface area contributed by atoms with Gasteiger partial charge in [0.1, 0.15) is 11.5 Å². The van der Waals surface area contributed by atoms with Crippen molar-refractivity contribution >= 4 is 27.9 Å². The molecule has 1 aromatic carbocycles. The first kappa shape index (κ1) is 22.2. The van der Waals surface area contributed by atoms with E-state index < -0.39 is 11.9 Å². The fraction of sp³-hybridized carbons (Fsp3) is 0.467. The van der Waals surface area contributed by atoms with Crippen LogP contribution in [0, 0.1) is 0 Å². The molecule has 1 atom stereocenters. The highest BCUT2D eigenvalue weighted by molar-refractivity contribution is 9.10. The number of aliphatic carboxylic acids is 2. The van der Waals surface area contributed by atoms with Gasteiger partial charge in [0.15, 0.2) is 0 Å². The highest BCUT2D eigenvalue weighted by Crippen LogP contribution is 2.32. The number of hydrogen-bond acceptors (Lipinski definition) is 6. The summed E-state index contributed by atoms with van der Waals surface area (Å²) >= 11 is 3.48. The SMILES string of the molecule is COCC(C)NCc1cc(Br)c(OC)cc1OC.O=C(O)C(=O)O. The van der Waals surface area contributed by atoms with Crippen LogP contribution >= 0.6 is 15.9 Å². The van der Waals surface area contributed by atoms with E-state index in [0.717, 1.165) is 28.1 Å². The molecule has 0 amide bonds. The van der Waals surface area contributed by atoms with Gasteiger partial charge in [0.25, 0.3) is 0 Å². The third-order valence-corrected chi connectivity index (χ3v) is 3.42. The van der Waals surface area contributed by atoms with Crippen molar-refractivity contribution in [1.82, 2.24) is 5.32 Å². The van der Waals surface area contributed by atoms with Crippen molar-refractivity contribution in [1.29, 1.82) is 0 Å². The molecule has 1 aromatic rings. The Morgan fingerprint density at radius 3 is 2.08 bits per heavy atom. The number of benzene rings is 1. The van der Waals surface area contributed by atoms with Gasteiger partial charge in [-0.1, -0.05) is 0 Å². The predicted molar refractivity (Wildman–Crippen MR) is 90.7 cm³/mol. The standard InChI is InChI=1S/C13H20BrNO3.C2H2O4/c1-9(8-16-2)15-7-10-5-11(14)13(18-4)6-12(10)17-3;3-1(4)2(5)6/h5-6,9,15H,7-8H2,1-4H3;(H,3,4)(H,5,6). The van der Waals surface area contributed by atoms with Gasteiger partial charge in [-0.2, -0.15) is 0 Å². The van der Waals surface area contributed by atoms with Crippen molar-refractivity contribution in [2.45, 2.75) is 19.5 Å². The zero-order valence-corrected chi connectivity index (χ0v) is 15.5. The minimum atomic E-state index is -1.82. The molecule has 0 radical (unpaired) electrons. The summed E-state index contributed by atoms with van der Waals surface area (Å²) < 4.78 is 16.6. The van der Waals surface area contributed by atoms with Crippen molar-refractivity contribution < 1.29 is 34.0 Å². The molecule has 3 N–H and O–H groups in total. The average molecular weight is 408 g/mol. The zero-order valence-electron chi connectivity index (χ0n) is 14.0. The molecule has 0 fully saturated rings. The number of halogens is 1. The van der Waals surface area contributed by atoms with E-state index in [0.29, 0.717) is 12.6 Å². The molecule has 0 aliphatic rings. The molecule has 136 valence electrons. The second-order valence-electron chi connectivity index (χ2n) is 4.65. The Kier molecular flexibility index (Phi) is 10.8. The Morgan fingerprint density at radius 2 is 1.67 bits per heavy atom. The predicted octanol–water partition coefficient (Wildman–Crippen LogP) is 1.75. The fourth-order valence-corrected chi connectivity index (χ4v) is 2.21. The summed E-state index contributed by atoms with van der Waals surface area (Å²) in [5, 5.41) is 18.2. The van der Waals surface area contributed by atoms with Gasteiger partial charge in [-0.3, -0.25) is 0 Å². The summed E-state index contributed by atoms with van der Waals surface area (Å²) in [6.07, 6.45) is 0. The third kappa shape index (κ3) is 8.14. The molecule has 0 aliphatic carbocycles. The minimum Gasteiger partial charge on any atom is -0.496 e. The average Bonchev–Trinajstić information content (AvgIpc) is 2.53. The Hall–Kier alpha value is -1.84. The second kappa shape index (κ2) is 11.7. The molecule has 0 saturated heterocycles. The number of hydrogen-bond donors (Lipinski definition) is 3. The number of rotatable bonds is 7. The van der Waals surface area contributed by atoms with Crippen LogP contribution in [0.1, 0.15) is 12.5 Å². The lowest BCUT2D eigenvalue weighted by atomic mass is 10.1. The summed E-state index contributed by atoms with van der Waals surface area (Å²) in [5.41, 5.74) is 1.08. The van der Waals surface area contributed by atoms with Gasteiger partial charge in [0.2, 0.25) is 0 Å². The molecule has 24 heavy (non-hydrogen) atoms. The van der Waals surface area contributed by atoms with Crippen molar-refractivity contribution in [3.63, 3.8) is 0 Å². The van der Waals surface area contributed by atoms with Crippen LogP contribution in [0.15, 0.2) is 16.6 Å². The molecular weight excluding hydrogens is 386 g/mol. The van der Waals surface area contributed by atoms with E-state index in [2.05, 4.69) is 28.2 Å². The summed E-state index contributed by atoms with van der Waals surface area (Å²) in [6.45, 7) is 3.48. The van der Waals surface area contributed by atoms with E-state index in [-0.39, 0.29) is 0 Å². The molecule has 0 bridgehead atoms. The highest BCUT2D eigenvalue weighted by atomic mass is 79.9. The van der Waals surface area contributed by atoms with E-state index in [9.17, 15) is 0 Å². The molecule has 0 aromatic heterocycles. The minimum absolute atomic E-state index is 0.292. The molecule has 8 nitrogen and oxygen atoms in total. The molecule has 9 heteroatoms. The summed E-state index contributed by atoms with van der Waals surface area (Å²) in [5.74, 6) is -2.07. The number of carbonyl (C=O) groups is 2. The van der Waals surface area contributed by atoms with Gasteiger partial charge in [-0.25, -0.2) is 9.59 Å². The first-order valence-electron chi connectivity index (χ1n) is 6.85. The largest absolute Gasteiger partial charge is 0.496 e. The van der Waals surface area contributed by atoms with Crippen molar-refractivity contribution in [3.8, 4) is 11.5 Å². The van der Waals surface area contributed by atoms with Crippen molar-refractivity contribution in [2.75, 3.05) is 27.9 Å². The lowest BCUT2D eigenvalue weighted by Crippen LogP contribution is -2.29. The summed E-state index contributed by atoms with van der Waals surface area (Å²) in [6, 6.07) is 4.17. The van der Waals surface area contributed by atoms with E-state index in [1.807, 2.05) is 12.1 Å². The normalized spacial score (nSPS) is 11.0. The number of carboxylic acid groups (broad SMARTS) is 2. The van der Waals surface area contributed by atoms with E-state index in [1.54, 1.807) is 21.3 Å². The van der Waals surface area contributed by atoms with Crippen molar-refractivity contribution in [3.05, 3.63) is 22.2 Å². The van der Waals surface area contributed by atoms with Crippen molar-refractivity contribution in [2.24, 2.45) is 0 Å². The van der Waals surface area contributed by atoms with Crippen LogP contribution in [-0.4, -0.2) is 56.1 Å². The lowest BCUT2D eigenvalue weighted by molar-refractivity contribution is -0.159. The molecule has 1 rings (SSSR count). The van der Waals surface area contributed by atoms with Crippen LogP contribution in [0.4, 0.5) is 0 Å². The summed E-state index contributed by atoms with van der Waals surface area (Å²) in [7, 11) is 4.99. The molecule has 0 aliphatic heterocycles. The van der Waals surface area contributed by atoms with Gasteiger partial charge < -0.3 is 29.7 Å². The zero-order chi connectivity index (χ0) is 18.7. The van der Waals surface area contributed by atoms with E-state index in [1.165, 1.54) is 0 Å². The maximum absolute atomic E-state index is 9.10. The van der Waals surface area contributed by atoms with Crippen LogP contribution in [0.3, 0.4) is 0 Å². The topological polar surface area (TPSA) is 114 Å². The highest BCUT2D eigenvalue weighted by Gasteiger charge is 2.10. The van der Waals surface area contributed by atoms with Crippen LogP contribution in [0.5, 0.6) is 11.5 Å². The van der Waals surface area contributed by atoms with E-state index in [4.69, 9.17) is 34.0 Å². The number of carboxylic acids is 2. The monoisotopic (exact) mass is 407 g/mol. The molecule has 0 heterocycles. The van der Waals surface area contributed by atoms with Crippen LogP contribution in [-0.2, 0) is 20.9 Å². The van der Waals surface area contributed by atoms with Gasteiger partial charge in [-0.15, -0.1) is 0 Å². The number of ether oxygens (including phenoxy) is 3. The maximum atomic E-state index is 9.10. The lowest BCUT2D eigenvalue weighted by Gasteiger charge is -2.16. The smallest absolute Gasteiger partial charge is 0.414 e. The number of methoxy groups -OCH3 is 3. The molecular formula is C15H22BrNO7. The van der Waals surface area contributed by atoms with Crippen LogP contribution in [0.25, 0.3) is 0 Å². The fourth-order valence-electron chi connectivity index (χ4n) is 1.65. The molecule has 0 saturated carbocycles. The van der Waals surface area contributed by atoms with Gasteiger partial charge in [-0.05, 0) is 28.9 Å². The van der Waals surface area contributed by atoms with Gasteiger partial charge in [0.05, 0.1) is 25.3 Å². The Bertz CT molecular complexity index is 539. The van der Waals surface area contributed by atoms with E-state index >= 15 is 0 Å². The second-order valence-corrected chi connectivity index (χ2v) is 5.50. The Labute approximate surface area is 148 Å². The molecule has 1 unspecified atom stereocenters.